The van der Waals surface area contributed by atoms with Crippen molar-refractivity contribution in [1.29, 1.82) is 0 Å². The number of halogens is 1. The Kier molecular flexibility index (Phi) is 10.5. The van der Waals surface area contributed by atoms with Gasteiger partial charge in [-0.15, -0.1) is 24.0 Å². The number of amides is 1. The van der Waals surface area contributed by atoms with Gasteiger partial charge < -0.3 is 20.3 Å². The van der Waals surface area contributed by atoms with Gasteiger partial charge in [-0.05, 0) is 33.6 Å². The number of likely N-dealkylation sites (N-methyl/N-ethyl adjacent to an activating group) is 1. The van der Waals surface area contributed by atoms with E-state index < -0.39 is 0 Å². The zero-order chi connectivity index (χ0) is 16.6. The Labute approximate surface area is 157 Å². The van der Waals surface area contributed by atoms with Gasteiger partial charge in [0.15, 0.2) is 5.96 Å². The number of rotatable bonds is 5. The van der Waals surface area contributed by atoms with Crippen molar-refractivity contribution in [3.8, 4) is 0 Å². The maximum absolute atomic E-state index is 12.0. The summed E-state index contributed by atoms with van der Waals surface area (Å²) < 4.78 is 5.30. The lowest BCUT2D eigenvalue weighted by Gasteiger charge is -2.25. The molecule has 0 aromatic rings. The van der Waals surface area contributed by atoms with Crippen LogP contribution in [-0.4, -0.2) is 62.7 Å². The van der Waals surface area contributed by atoms with E-state index in [-0.39, 0.29) is 42.0 Å². The van der Waals surface area contributed by atoms with E-state index in [1.54, 1.807) is 7.05 Å². The van der Waals surface area contributed by atoms with Gasteiger partial charge in [0.25, 0.3) is 0 Å². The molecule has 134 valence electrons. The van der Waals surface area contributed by atoms with Gasteiger partial charge >= 0.3 is 0 Å². The van der Waals surface area contributed by atoms with E-state index >= 15 is 0 Å². The Hall–Kier alpha value is -0.830. The van der Waals surface area contributed by atoms with Crippen molar-refractivity contribution in [2.24, 2.45) is 4.99 Å². The fourth-order valence-corrected chi connectivity index (χ4v) is 2.26. The van der Waals surface area contributed by atoms with Crippen LogP contribution in [0.25, 0.3) is 0 Å². The molecular weight excluding hydrogens is 407 g/mol. The van der Waals surface area contributed by atoms with Gasteiger partial charge in [0.1, 0.15) is 0 Å². The van der Waals surface area contributed by atoms with E-state index in [0.29, 0.717) is 0 Å². The maximum Gasteiger partial charge on any atom is 0.240 e. The minimum Gasteiger partial charge on any atom is -0.377 e. The Morgan fingerprint density at radius 2 is 2.13 bits per heavy atom. The summed E-state index contributed by atoms with van der Waals surface area (Å²) in [5.74, 6) is 0.724. The molecule has 0 unspecified atom stereocenters. The third kappa shape index (κ3) is 9.80. The fraction of sp³-hybridized carbons (Fsp3) is 0.750. The molecule has 0 bridgehead atoms. The molecule has 0 spiro atoms. The lowest BCUT2D eigenvalue weighted by atomic mass is 10.1. The summed E-state index contributed by atoms with van der Waals surface area (Å²) in [6.07, 6.45) is 4.13. The Morgan fingerprint density at radius 3 is 2.65 bits per heavy atom. The first-order valence-corrected chi connectivity index (χ1v) is 7.80. The predicted molar refractivity (Wildman–Crippen MR) is 105 cm³/mol. The van der Waals surface area contributed by atoms with E-state index in [1.807, 2.05) is 32.7 Å². The van der Waals surface area contributed by atoms with Crippen LogP contribution in [0.3, 0.4) is 0 Å². The number of nitrogens with one attached hydrogen (secondary N) is 2. The van der Waals surface area contributed by atoms with Crippen LogP contribution in [-0.2, 0) is 9.53 Å². The van der Waals surface area contributed by atoms with Gasteiger partial charge in [-0.25, -0.2) is 0 Å². The lowest BCUT2D eigenvalue weighted by molar-refractivity contribution is -0.122. The van der Waals surface area contributed by atoms with Gasteiger partial charge in [-0.1, -0.05) is 11.6 Å². The highest BCUT2D eigenvalue weighted by Gasteiger charge is 2.16. The van der Waals surface area contributed by atoms with Gasteiger partial charge in [-0.3, -0.25) is 9.79 Å². The molecule has 23 heavy (non-hydrogen) atoms. The highest BCUT2D eigenvalue weighted by Crippen LogP contribution is 2.10. The van der Waals surface area contributed by atoms with Gasteiger partial charge in [0.2, 0.25) is 5.91 Å². The number of hydrogen-bond acceptors (Lipinski definition) is 3. The summed E-state index contributed by atoms with van der Waals surface area (Å²) in [6, 6.07) is 0. The number of nitrogens with zero attached hydrogens (tertiary/aromatic N) is 2. The van der Waals surface area contributed by atoms with Gasteiger partial charge in [0, 0.05) is 26.2 Å². The minimum absolute atomic E-state index is 0. The van der Waals surface area contributed by atoms with Crippen LogP contribution in [0.1, 0.15) is 33.6 Å². The number of carbonyl (C=O) groups is 1. The van der Waals surface area contributed by atoms with Gasteiger partial charge in [0.05, 0.1) is 19.8 Å². The van der Waals surface area contributed by atoms with Crippen molar-refractivity contribution >= 4 is 35.8 Å². The van der Waals surface area contributed by atoms with E-state index in [9.17, 15) is 4.79 Å². The molecule has 0 saturated carbocycles. The largest absolute Gasteiger partial charge is 0.377 e. The fourth-order valence-electron chi connectivity index (χ4n) is 2.26. The second kappa shape index (κ2) is 10.9. The monoisotopic (exact) mass is 438 g/mol. The summed E-state index contributed by atoms with van der Waals surface area (Å²) in [6.45, 7) is 8.54. The molecule has 6 nitrogen and oxygen atoms in total. The van der Waals surface area contributed by atoms with E-state index in [1.165, 1.54) is 5.57 Å². The van der Waals surface area contributed by atoms with Crippen LogP contribution in [0.2, 0.25) is 0 Å². The highest BCUT2D eigenvalue weighted by atomic mass is 127. The molecular formula is C16H31IN4O2. The van der Waals surface area contributed by atoms with Crippen LogP contribution < -0.4 is 10.6 Å². The summed E-state index contributed by atoms with van der Waals surface area (Å²) >= 11 is 0. The SMILES string of the molecule is CN=C(NCCC1=CCOCC1)N(C)CC(=O)NC(C)(C)C.I. The molecule has 0 atom stereocenters. The van der Waals surface area contributed by atoms with E-state index in [0.717, 1.165) is 38.6 Å². The molecule has 0 aromatic heterocycles. The normalized spacial score (nSPS) is 15.3. The van der Waals surface area contributed by atoms with Crippen molar-refractivity contribution in [3.63, 3.8) is 0 Å². The zero-order valence-corrected chi connectivity index (χ0v) is 17.3. The number of carbonyl (C=O) groups excluding carboxylic acids is 1. The number of ether oxygens (including phenoxy) is 1. The predicted octanol–water partition coefficient (Wildman–Crippen LogP) is 1.76. The molecule has 0 aromatic carbocycles. The molecule has 1 aliphatic rings. The average molecular weight is 438 g/mol. The summed E-state index contributed by atoms with van der Waals surface area (Å²) in [5.41, 5.74) is 1.20. The van der Waals surface area contributed by atoms with Crippen LogP contribution in [0.15, 0.2) is 16.6 Å². The van der Waals surface area contributed by atoms with Crippen LogP contribution in [0, 0.1) is 0 Å². The third-order valence-corrected chi connectivity index (χ3v) is 3.26. The summed E-state index contributed by atoms with van der Waals surface area (Å²) in [7, 11) is 3.60. The van der Waals surface area contributed by atoms with E-state index in [2.05, 4.69) is 21.7 Å². The van der Waals surface area contributed by atoms with Crippen LogP contribution in [0.5, 0.6) is 0 Å². The Morgan fingerprint density at radius 1 is 1.43 bits per heavy atom. The second-order valence-corrected chi connectivity index (χ2v) is 6.57. The minimum atomic E-state index is -0.218. The standard InChI is InChI=1S/C16H30N4O2.HI/c1-16(2,3)19-14(21)12-20(5)15(17-4)18-9-6-13-7-10-22-11-8-13;/h7H,6,8-12H2,1-5H3,(H,17,18)(H,19,21);1H. The van der Waals surface area contributed by atoms with Crippen molar-refractivity contribution in [1.82, 2.24) is 15.5 Å². The lowest BCUT2D eigenvalue weighted by Crippen LogP contribution is -2.48. The molecule has 0 radical (unpaired) electrons. The summed E-state index contributed by atoms with van der Waals surface area (Å²) in [4.78, 5) is 18.0. The quantitative estimate of drug-likeness (QED) is 0.297. The molecule has 2 N–H and O–H groups in total. The molecule has 1 aliphatic heterocycles. The Balaban J connectivity index is 0.00000484. The number of hydrogen-bond donors (Lipinski definition) is 2. The highest BCUT2D eigenvalue weighted by molar-refractivity contribution is 14.0. The second-order valence-electron chi connectivity index (χ2n) is 6.57. The molecule has 0 saturated heterocycles. The topological polar surface area (TPSA) is 66.0 Å². The summed E-state index contributed by atoms with van der Waals surface area (Å²) in [5, 5.41) is 6.25. The first-order valence-electron chi connectivity index (χ1n) is 7.80. The molecule has 0 fully saturated rings. The molecule has 7 heteroatoms. The van der Waals surface area contributed by atoms with Gasteiger partial charge in [-0.2, -0.15) is 0 Å². The number of aliphatic imine (C=N–C) groups is 1. The average Bonchev–Trinajstić information content (AvgIpc) is 2.42. The first-order chi connectivity index (χ1) is 10.3. The molecule has 1 rings (SSSR count). The van der Waals surface area contributed by atoms with Crippen molar-refractivity contribution < 1.29 is 9.53 Å². The van der Waals surface area contributed by atoms with Crippen molar-refractivity contribution in [2.45, 2.75) is 39.2 Å². The maximum atomic E-state index is 12.0. The third-order valence-electron chi connectivity index (χ3n) is 3.26. The van der Waals surface area contributed by atoms with Crippen molar-refractivity contribution in [2.75, 3.05) is 40.4 Å². The Bertz CT molecular complexity index is 430. The van der Waals surface area contributed by atoms with Crippen molar-refractivity contribution in [3.05, 3.63) is 11.6 Å². The number of guanidine groups is 1. The van der Waals surface area contributed by atoms with Crippen LogP contribution in [0.4, 0.5) is 0 Å². The first kappa shape index (κ1) is 22.2. The van der Waals surface area contributed by atoms with Crippen LogP contribution >= 0.6 is 24.0 Å². The smallest absolute Gasteiger partial charge is 0.240 e. The molecule has 1 amide bonds. The zero-order valence-electron chi connectivity index (χ0n) is 14.9. The van der Waals surface area contributed by atoms with E-state index in [4.69, 9.17) is 4.74 Å². The molecule has 1 heterocycles. The molecule has 0 aliphatic carbocycles.